The third-order valence-electron chi connectivity index (χ3n) is 6.68. The smallest absolute Gasteiger partial charge is 0.156 e. The number of likely N-dealkylation sites (N-methyl/N-ethyl adjacent to an activating group) is 1. The van der Waals surface area contributed by atoms with Crippen LogP contribution >= 0.6 is 0 Å². The summed E-state index contributed by atoms with van der Waals surface area (Å²) in [4.78, 5) is 14.3. The molecule has 1 aromatic carbocycles. The second-order valence-electron chi connectivity index (χ2n) is 9.48. The molecule has 1 aliphatic carbocycles. The Hall–Kier alpha value is -3.71. The van der Waals surface area contributed by atoms with E-state index in [0.29, 0.717) is 17.7 Å². The molecule has 1 aliphatic heterocycles. The van der Waals surface area contributed by atoms with Crippen molar-refractivity contribution in [1.82, 2.24) is 25.1 Å². The highest BCUT2D eigenvalue weighted by atomic mass is 15.3. The molecule has 180 valence electrons. The highest BCUT2D eigenvalue weighted by molar-refractivity contribution is 5.69. The number of aromatic nitrogens is 4. The van der Waals surface area contributed by atoms with Crippen molar-refractivity contribution in [3.05, 3.63) is 83.3 Å². The number of rotatable bonds is 6. The number of nitrogens with one attached hydrogen (secondary N) is 2. The minimum absolute atomic E-state index is 0.431. The Morgan fingerprint density at radius 2 is 1.71 bits per heavy atom. The molecular formula is C28H33N7. The van der Waals surface area contributed by atoms with E-state index >= 15 is 0 Å². The molecule has 2 N–H and O–H groups in total. The number of hydrogen-bond acceptors (Lipinski definition) is 6. The minimum Gasteiger partial charge on any atom is -0.354 e. The molecule has 2 aromatic heterocycles. The molecule has 0 spiro atoms. The van der Waals surface area contributed by atoms with Gasteiger partial charge in [-0.2, -0.15) is 5.10 Å². The first kappa shape index (κ1) is 23.1. The van der Waals surface area contributed by atoms with Crippen LogP contribution in [0.1, 0.15) is 35.5 Å². The Morgan fingerprint density at radius 3 is 2.43 bits per heavy atom. The van der Waals surface area contributed by atoms with Crippen molar-refractivity contribution >= 4 is 29.6 Å². The number of benzene rings is 1. The molecule has 2 aliphatic rings. The van der Waals surface area contributed by atoms with Crippen molar-refractivity contribution in [2.45, 2.75) is 19.8 Å². The van der Waals surface area contributed by atoms with E-state index in [1.54, 1.807) is 0 Å². The minimum atomic E-state index is 0.431. The summed E-state index contributed by atoms with van der Waals surface area (Å²) < 4.78 is 0. The zero-order valence-corrected chi connectivity index (χ0v) is 20.6. The Morgan fingerprint density at radius 1 is 0.943 bits per heavy atom. The van der Waals surface area contributed by atoms with Crippen molar-refractivity contribution < 1.29 is 0 Å². The van der Waals surface area contributed by atoms with Gasteiger partial charge in [-0.1, -0.05) is 61.6 Å². The zero-order valence-electron chi connectivity index (χ0n) is 20.6. The van der Waals surface area contributed by atoms with Crippen molar-refractivity contribution in [2.24, 2.45) is 5.92 Å². The predicted octanol–water partition coefficient (Wildman–Crippen LogP) is 5.02. The molecule has 1 saturated heterocycles. The monoisotopic (exact) mass is 467 g/mol. The molecule has 3 heterocycles. The van der Waals surface area contributed by atoms with Crippen molar-refractivity contribution in [3.8, 4) is 0 Å². The summed E-state index contributed by atoms with van der Waals surface area (Å²) in [5.41, 5.74) is 3.46. The number of anilines is 3. The summed E-state index contributed by atoms with van der Waals surface area (Å²) in [6.45, 7) is 8.18. The Balaban J connectivity index is 1.37. The van der Waals surface area contributed by atoms with Crippen LogP contribution in [-0.4, -0.2) is 58.3 Å². The molecule has 0 amide bonds. The van der Waals surface area contributed by atoms with Gasteiger partial charge in [-0.25, -0.2) is 9.97 Å². The average Bonchev–Trinajstić information content (AvgIpc) is 3.28. The maximum absolute atomic E-state index is 4.87. The van der Waals surface area contributed by atoms with Crippen LogP contribution in [0.2, 0.25) is 0 Å². The van der Waals surface area contributed by atoms with Gasteiger partial charge < -0.3 is 15.1 Å². The van der Waals surface area contributed by atoms with Crippen LogP contribution < -0.4 is 10.2 Å². The van der Waals surface area contributed by atoms with Crippen LogP contribution in [0, 0.1) is 12.8 Å². The lowest BCUT2D eigenvalue weighted by atomic mass is 9.84. The van der Waals surface area contributed by atoms with E-state index in [9.17, 15) is 0 Å². The van der Waals surface area contributed by atoms with Gasteiger partial charge in [0.25, 0.3) is 0 Å². The topological polar surface area (TPSA) is 73.0 Å². The number of nitrogens with zero attached hydrogens (tertiary/aromatic N) is 5. The van der Waals surface area contributed by atoms with Crippen molar-refractivity contribution in [1.29, 1.82) is 0 Å². The number of aryl methyl sites for hydroxylation is 1. The first-order valence-electron chi connectivity index (χ1n) is 12.3. The van der Waals surface area contributed by atoms with E-state index in [2.05, 4.69) is 93.9 Å². The van der Waals surface area contributed by atoms with Crippen LogP contribution in [0.15, 0.2) is 60.7 Å². The van der Waals surface area contributed by atoms with Gasteiger partial charge >= 0.3 is 0 Å². The Labute approximate surface area is 207 Å². The van der Waals surface area contributed by atoms with Gasteiger partial charge in [0.2, 0.25) is 0 Å². The fourth-order valence-electron chi connectivity index (χ4n) is 4.54. The van der Waals surface area contributed by atoms with Gasteiger partial charge in [0, 0.05) is 49.9 Å². The lowest BCUT2D eigenvalue weighted by Gasteiger charge is -2.33. The van der Waals surface area contributed by atoms with Crippen LogP contribution in [0.4, 0.5) is 17.5 Å². The normalized spacial score (nSPS) is 20.6. The largest absolute Gasteiger partial charge is 0.354 e. The highest BCUT2D eigenvalue weighted by Gasteiger charge is 2.18. The van der Waals surface area contributed by atoms with E-state index in [1.807, 2.05) is 25.1 Å². The van der Waals surface area contributed by atoms with Gasteiger partial charge in [0.15, 0.2) is 11.6 Å². The first-order valence-corrected chi connectivity index (χ1v) is 12.3. The van der Waals surface area contributed by atoms with Crippen molar-refractivity contribution in [2.75, 3.05) is 43.4 Å². The van der Waals surface area contributed by atoms with E-state index in [-0.39, 0.29) is 0 Å². The molecule has 1 fully saturated rings. The van der Waals surface area contributed by atoms with Gasteiger partial charge in [0.1, 0.15) is 11.6 Å². The number of piperazine rings is 1. The summed E-state index contributed by atoms with van der Waals surface area (Å²) >= 11 is 0. The van der Waals surface area contributed by atoms with Gasteiger partial charge in [-0.05, 0) is 37.1 Å². The number of H-pyrrole nitrogens is 1. The van der Waals surface area contributed by atoms with Gasteiger partial charge in [-0.15, -0.1) is 0 Å². The molecule has 0 saturated carbocycles. The third-order valence-corrected chi connectivity index (χ3v) is 6.68. The number of aromatic amines is 1. The zero-order chi connectivity index (χ0) is 24.2. The molecule has 7 nitrogen and oxygen atoms in total. The summed E-state index contributed by atoms with van der Waals surface area (Å²) in [7, 11) is 2.16. The molecule has 7 heteroatoms. The van der Waals surface area contributed by atoms with Crippen LogP contribution in [0.5, 0.6) is 0 Å². The van der Waals surface area contributed by atoms with Crippen LogP contribution in [0.3, 0.4) is 0 Å². The average molecular weight is 468 g/mol. The predicted molar refractivity (Wildman–Crippen MR) is 144 cm³/mol. The molecule has 1 unspecified atom stereocenters. The molecule has 3 aromatic rings. The molecule has 0 radical (unpaired) electrons. The summed E-state index contributed by atoms with van der Waals surface area (Å²) in [6.07, 6.45) is 12.9. The van der Waals surface area contributed by atoms with Crippen molar-refractivity contribution in [3.63, 3.8) is 0 Å². The molecule has 35 heavy (non-hydrogen) atoms. The second kappa shape index (κ2) is 10.3. The van der Waals surface area contributed by atoms with Crippen LogP contribution in [0.25, 0.3) is 12.2 Å². The van der Waals surface area contributed by atoms with Crippen LogP contribution in [-0.2, 0) is 0 Å². The van der Waals surface area contributed by atoms with E-state index < -0.39 is 0 Å². The van der Waals surface area contributed by atoms with Gasteiger partial charge in [-0.3, -0.25) is 5.10 Å². The maximum Gasteiger partial charge on any atom is 0.156 e. The fourth-order valence-corrected chi connectivity index (χ4v) is 4.54. The summed E-state index contributed by atoms with van der Waals surface area (Å²) in [6, 6.07) is 12.8. The van der Waals surface area contributed by atoms with E-state index in [4.69, 9.17) is 9.97 Å². The lowest BCUT2D eigenvalue weighted by molar-refractivity contribution is 0.312. The quantitative estimate of drug-likeness (QED) is 0.530. The lowest BCUT2D eigenvalue weighted by Crippen LogP contribution is -2.44. The van der Waals surface area contributed by atoms with Gasteiger partial charge in [0.05, 0.1) is 0 Å². The fraction of sp³-hybridized carbons (Fsp3) is 0.321. The standard InChI is InChI=1S/C28H33N7/c1-20-6-4-5-7-24(20)23-11-8-22(9-12-23)10-13-25-29-26(30-27-18-21(2)32-33-27)19-28(31-25)35-16-14-34(3)15-17-35/h4-13,18-20,24H,14-17H2,1-3H3,(H2,29,30,31,32,33)/b13-10+/t20-,24?/m1/s1. The number of hydrogen-bond donors (Lipinski definition) is 2. The molecule has 0 bridgehead atoms. The Bertz CT molecular complexity index is 1230. The first-order chi connectivity index (χ1) is 17.0. The number of allylic oxidation sites excluding steroid dienone is 4. The third kappa shape index (κ3) is 5.69. The highest BCUT2D eigenvalue weighted by Crippen LogP contribution is 2.30. The summed E-state index contributed by atoms with van der Waals surface area (Å²) in [5.74, 6) is 4.04. The molecular weight excluding hydrogens is 434 g/mol. The second-order valence-corrected chi connectivity index (χ2v) is 9.48. The molecule has 5 rings (SSSR count). The molecule has 2 atom stereocenters. The SMILES string of the molecule is Cc1cc(Nc2cc(N3CCN(C)CC3)nc(/C=C/c3ccc(C4C=CC=C[C@H]4C)cc3)n2)n[nH]1. The van der Waals surface area contributed by atoms with E-state index in [0.717, 1.165) is 54.9 Å². The maximum atomic E-state index is 4.87. The van der Waals surface area contributed by atoms with E-state index in [1.165, 1.54) is 5.56 Å². The Kier molecular flexibility index (Phi) is 6.77. The summed E-state index contributed by atoms with van der Waals surface area (Å²) in [5, 5.41) is 10.6.